The number of carbonyl (C=O) groups is 3. The van der Waals surface area contributed by atoms with Gasteiger partial charge < -0.3 is 16.0 Å². The molecule has 3 rings (SSSR count). The van der Waals surface area contributed by atoms with Gasteiger partial charge in [-0.3, -0.25) is 19.1 Å². The largest absolute Gasteiger partial charge is 0.370 e. The summed E-state index contributed by atoms with van der Waals surface area (Å²) in [7, 11) is 0. The number of nitrogens with two attached hydrogens (primary N) is 1. The summed E-state index contributed by atoms with van der Waals surface area (Å²) in [6, 6.07) is 10.7. The average Bonchev–Trinajstić information content (AvgIpc) is 3.30. The Morgan fingerprint density at radius 2 is 1.96 bits per heavy atom. The van der Waals surface area contributed by atoms with Crippen molar-refractivity contribution in [2.75, 3.05) is 11.9 Å². The van der Waals surface area contributed by atoms with E-state index >= 15 is 0 Å². The average molecular weight is 369 g/mol. The van der Waals surface area contributed by atoms with Gasteiger partial charge in [-0.15, -0.1) is 0 Å². The van der Waals surface area contributed by atoms with Crippen LogP contribution in [0.5, 0.6) is 0 Å². The Hall–Kier alpha value is -3.16. The Morgan fingerprint density at radius 1 is 1.19 bits per heavy atom. The number of hydrogen-bond acceptors (Lipinski definition) is 4. The summed E-state index contributed by atoms with van der Waals surface area (Å²) in [4.78, 5) is 37.7. The first-order valence-corrected chi connectivity index (χ1v) is 8.99. The van der Waals surface area contributed by atoms with E-state index in [9.17, 15) is 14.4 Å². The first-order valence-electron chi connectivity index (χ1n) is 8.99. The molecule has 27 heavy (non-hydrogen) atoms. The van der Waals surface area contributed by atoms with Crippen LogP contribution < -0.4 is 11.1 Å². The van der Waals surface area contributed by atoms with Crippen molar-refractivity contribution >= 4 is 23.5 Å². The zero-order valence-electron chi connectivity index (χ0n) is 15.0. The van der Waals surface area contributed by atoms with Gasteiger partial charge in [0.1, 0.15) is 6.04 Å². The van der Waals surface area contributed by atoms with Crippen molar-refractivity contribution in [1.82, 2.24) is 14.7 Å². The minimum atomic E-state index is -0.489. The lowest BCUT2D eigenvalue weighted by atomic mass is 10.1. The monoisotopic (exact) mass is 369 g/mol. The molecule has 1 aromatic carbocycles. The smallest absolute Gasteiger partial charge is 0.248 e. The topological polar surface area (TPSA) is 110 Å². The van der Waals surface area contributed by atoms with Gasteiger partial charge in [0.2, 0.25) is 17.7 Å². The third kappa shape index (κ3) is 4.93. The van der Waals surface area contributed by atoms with Crippen molar-refractivity contribution in [2.24, 2.45) is 5.73 Å². The summed E-state index contributed by atoms with van der Waals surface area (Å²) >= 11 is 0. The molecule has 1 fully saturated rings. The maximum atomic E-state index is 12.6. The zero-order chi connectivity index (χ0) is 19.2. The van der Waals surface area contributed by atoms with E-state index in [0.29, 0.717) is 25.3 Å². The normalized spacial score (nSPS) is 16.3. The second kappa shape index (κ2) is 8.48. The molecular weight excluding hydrogens is 346 g/mol. The maximum absolute atomic E-state index is 12.6. The highest BCUT2D eigenvalue weighted by Crippen LogP contribution is 2.20. The van der Waals surface area contributed by atoms with Crippen molar-refractivity contribution < 1.29 is 14.4 Å². The second-order valence-corrected chi connectivity index (χ2v) is 6.58. The molecule has 0 aliphatic carbocycles. The molecule has 3 N–H and O–H groups in total. The van der Waals surface area contributed by atoms with E-state index in [-0.39, 0.29) is 24.7 Å². The van der Waals surface area contributed by atoms with Crippen molar-refractivity contribution in [3.05, 3.63) is 48.2 Å². The van der Waals surface area contributed by atoms with Crippen molar-refractivity contribution in [3.63, 3.8) is 0 Å². The number of aryl methyl sites for hydroxylation is 1. The summed E-state index contributed by atoms with van der Waals surface area (Å²) in [6.07, 6.45) is 3.57. The van der Waals surface area contributed by atoms with Gasteiger partial charge in [-0.2, -0.15) is 5.10 Å². The van der Waals surface area contributed by atoms with Crippen LogP contribution in [0.15, 0.2) is 42.6 Å². The highest BCUT2D eigenvalue weighted by Gasteiger charge is 2.34. The van der Waals surface area contributed by atoms with Crippen LogP contribution in [-0.2, 0) is 27.3 Å². The highest BCUT2D eigenvalue weighted by molar-refractivity contribution is 5.97. The summed E-state index contributed by atoms with van der Waals surface area (Å²) in [5, 5.41) is 6.96. The quantitative estimate of drug-likeness (QED) is 0.756. The van der Waals surface area contributed by atoms with Crippen LogP contribution in [-0.4, -0.2) is 45.0 Å². The molecular formula is C19H23N5O3. The van der Waals surface area contributed by atoms with Gasteiger partial charge in [-0.05, 0) is 18.4 Å². The first-order chi connectivity index (χ1) is 13.0. The number of primary amides is 1. The lowest BCUT2D eigenvalue weighted by Gasteiger charge is -2.23. The summed E-state index contributed by atoms with van der Waals surface area (Å²) in [5.41, 5.74) is 6.05. The third-order valence-corrected chi connectivity index (χ3v) is 4.55. The SMILES string of the molecule is NC(=O)CCn1ccc(NC(=O)C2CCCN2C(=O)Cc2ccccc2)n1. The molecule has 0 bridgehead atoms. The van der Waals surface area contributed by atoms with Crippen LogP contribution in [0.4, 0.5) is 5.82 Å². The standard InChI is InChI=1S/C19H23N5O3/c20-16(25)8-11-23-12-9-17(22-23)21-19(27)15-7-4-10-24(15)18(26)13-14-5-2-1-3-6-14/h1-3,5-6,9,12,15H,4,7-8,10-11,13H2,(H2,20,25)(H,21,22,27). The van der Waals surface area contributed by atoms with Gasteiger partial charge in [0.05, 0.1) is 6.42 Å². The number of nitrogens with zero attached hydrogens (tertiary/aromatic N) is 3. The number of likely N-dealkylation sites (tertiary alicyclic amines) is 1. The molecule has 1 aliphatic rings. The minimum absolute atomic E-state index is 0.0502. The van der Waals surface area contributed by atoms with Gasteiger partial charge in [-0.1, -0.05) is 30.3 Å². The number of rotatable bonds is 7. The molecule has 1 saturated heterocycles. The van der Waals surface area contributed by atoms with E-state index in [1.165, 1.54) is 0 Å². The van der Waals surface area contributed by atoms with Crippen molar-refractivity contribution in [2.45, 2.75) is 38.3 Å². The van der Waals surface area contributed by atoms with Gasteiger partial charge >= 0.3 is 0 Å². The van der Waals surface area contributed by atoms with Crippen LogP contribution in [0.2, 0.25) is 0 Å². The lowest BCUT2D eigenvalue weighted by Crippen LogP contribution is -2.43. The first kappa shape index (κ1) is 18.6. The van der Waals surface area contributed by atoms with Crippen LogP contribution in [0, 0.1) is 0 Å². The number of carbonyl (C=O) groups excluding carboxylic acids is 3. The van der Waals surface area contributed by atoms with Gasteiger partial charge in [0.15, 0.2) is 5.82 Å². The molecule has 2 heterocycles. The van der Waals surface area contributed by atoms with E-state index in [1.807, 2.05) is 30.3 Å². The minimum Gasteiger partial charge on any atom is -0.370 e. The fourth-order valence-corrected chi connectivity index (χ4v) is 3.20. The zero-order valence-corrected chi connectivity index (χ0v) is 15.0. The van der Waals surface area contributed by atoms with Crippen molar-refractivity contribution in [3.8, 4) is 0 Å². The highest BCUT2D eigenvalue weighted by atomic mass is 16.2. The Bertz CT molecular complexity index is 818. The Morgan fingerprint density at radius 3 is 2.70 bits per heavy atom. The van der Waals surface area contributed by atoms with E-state index < -0.39 is 11.9 Å². The second-order valence-electron chi connectivity index (χ2n) is 6.58. The third-order valence-electron chi connectivity index (χ3n) is 4.55. The molecule has 3 amide bonds. The van der Waals surface area contributed by atoms with E-state index in [2.05, 4.69) is 10.4 Å². The maximum Gasteiger partial charge on any atom is 0.248 e. The molecule has 1 aromatic heterocycles. The Balaban J connectivity index is 1.58. The molecule has 1 atom stereocenters. The molecule has 0 radical (unpaired) electrons. The van der Waals surface area contributed by atoms with Gasteiger partial charge in [0.25, 0.3) is 0 Å². The van der Waals surface area contributed by atoms with E-state index in [1.54, 1.807) is 21.8 Å². The van der Waals surface area contributed by atoms with E-state index in [0.717, 1.165) is 12.0 Å². The number of nitrogens with one attached hydrogen (secondary N) is 1. The van der Waals surface area contributed by atoms with Crippen molar-refractivity contribution in [1.29, 1.82) is 0 Å². The number of benzene rings is 1. The molecule has 142 valence electrons. The van der Waals surface area contributed by atoms with Crippen LogP contribution >= 0.6 is 0 Å². The lowest BCUT2D eigenvalue weighted by molar-refractivity contribution is -0.136. The summed E-state index contributed by atoms with van der Waals surface area (Å²) in [5.74, 6) is -0.304. The molecule has 1 unspecified atom stereocenters. The Kier molecular flexibility index (Phi) is 5.85. The summed E-state index contributed by atoms with van der Waals surface area (Å²) < 4.78 is 1.55. The molecule has 0 spiro atoms. The van der Waals surface area contributed by atoms with Gasteiger partial charge in [-0.25, -0.2) is 0 Å². The number of anilines is 1. The summed E-state index contributed by atoms with van der Waals surface area (Å²) in [6.45, 7) is 0.938. The van der Waals surface area contributed by atoms with E-state index in [4.69, 9.17) is 5.73 Å². The van der Waals surface area contributed by atoms with Gasteiger partial charge in [0, 0.05) is 31.8 Å². The predicted octanol–water partition coefficient (Wildman–Crippen LogP) is 0.931. The molecule has 2 aromatic rings. The molecule has 8 heteroatoms. The predicted molar refractivity (Wildman–Crippen MR) is 99.5 cm³/mol. The molecule has 1 aliphatic heterocycles. The van der Waals surface area contributed by atoms with Crippen LogP contribution in [0.25, 0.3) is 0 Å². The fourth-order valence-electron chi connectivity index (χ4n) is 3.20. The Labute approximate surface area is 157 Å². The number of amides is 3. The van der Waals surface area contributed by atoms with Crippen LogP contribution in [0.3, 0.4) is 0 Å². The molecule has 0 saturated carbocycles. The fraction of sp³-hybridized carbons (Fsp3) is 0.368. The number of hydrogen-bond donors (Lipinski definition) is 2. The van der Waals surface area contributed by atoms with Crippen LogP contribution in [0.1, 0.15) is 24.8 Å². The molecule has 8 nitrogen and oxygen atoms in total. The number of aromatic nitrogens is 2.